The number of aryl methyl sites for hydroxylation is 1. The summed E-state index contributed by atoms with van der Waals surface area (Å²) >= 11 is 6.35. The van der Waals surface area contributed by atoms with Gasteiger partial charge < -0.3 is 23.9 Å². The number of ether oxygens (including phenoxy) is 3. The Morgan fingerprint density at radius 1 is 1.28 bits per heavy atom. The van der Waals surface area contributed by atoms with Gasteiger partial charge in [0.2, 0.25) is 6.79 Å². The van der Waals surface area contributed by atoms with E-state index in [4.69, 9.17) is 30.2 Å². The summed E-state index contributed by atoms with van der Waals surface area (Å²) in [5.41, 5.74) is 2.66. The van der Waals surface area contributed by atoms with Gasteiger partial charge in [0.1, 0.15) is 5.76 Å². The van der Waals surface area contributed by atoms with E-state index >= 15 is 0 Å². The van der Waals surface area contributed by atoms with Crippen LogP contribution >= 0.6 is 11.6 Å². The van der Waals surface area contributed by atoms with Crippen LogP contribution in [0.4, 0.5) is 5.82 Å². The molecule has 10 heteroatoms. The Morgan fingerprint density at radius 2 is 2.16 bits per heavy atom. The van der Waals surface area contributed by atoms with Gasteiger partial charge in [-0.1, -0.05) is 11.6 Å². The molecule has 5 rings (SSSR count). The summed E-state index contributed by atoms with van der Waals surface area (Å²) in [4.78, 5) is 17.4. The van der Waals surface area contributed by atoms with Gasteiger partial charge in [0.25, 0.3) is 5.91 Å². The molecule has 0 atom stereocenters. The van der Waals surface area contributed by atoms with Crippen molar-refractivity contribution in [2.45, 2.75) is 13.5 Å². The molecule has 1 aliphatic rings. The Bertz CT molecular complexity index is 1330. The van der Waals surface area contributed by atoms with E-state index in [1.54, 1.807) is 37.0 Å². The second-order valence-corrected chi connectivity index (χ2v) is 7.60. The highest BCUT2D eigenvalue weighted by molar-refractivity contribution is 6.32. The maximum absolute atomic E-state index is 12.8. The molecule has 164 valence electrons. The highest BCUT2D eigenvalue weighted by Gasteiger charge is 2.21. The Kier molecular flexibility index (Phi) is 5.20. The average Bonchev–Trinajstić information content (AvgIpc) is 3.51. The van der Waals surface area contributed by atoms with Gasteiger partial charge in [0.05, 0.1) is 35.4 Å². The maximum Gasteiger partial charge on any atom is 0.260 e. The monoisotopic (exact) mass is 454 g/mol. The number of nitrogens with zero attached hydrogens (tertiary/aromatic N) is 3. The van der Waals surface area contributed by atoms with Crippen LogP contribution in [0.15, 0.2) is 41.1 Å². The molecule has 0 saturated carbocycles. The molecule has 1 aromatic carbocycles. The van der Waals surface area contributed by atoms with Gasteiger partial charge in [0, 0.05) is 18.9 Å². The minimum atomic E-state index is -0.314. The molecule has 0 unspecified atom stereocenters. The summed E-state index contributed by atoms with van der Waals surface area (Å²) in [6, 6.07) is 7.16. The number of aromatic nitrogens is 3. The number of pyridine rings is 1. The molecule has 0 bridgehead atoms. The van der Waals surface area contributed by atoms with E-state index in [2.05, 4.69) is 15.4 Å². The third kappa shape index (κ3) is 3.55. The normalized spacial score (nSPS) is 12.5. The lowest BCUT2D eigenvalue weighted by molar-refractivity contribution is 0.102. The molecule has 4 aromatic rings. The molecule has 0 fully saturated rings. The Hall–Kier alpha value is -3.56. The van der Waals surface area contributed by atoms with Crippen molar-refractivity contribution in [1.29, 1.82) is 0 Å². The van der Waals surface area contributed by atoms with Crippen molar-refractivity contribution >= 4 is 34.4 Å². The van der Waals surface area contributed by atoms with E-state index in [0.717, 1.165) is 11.1 Å². The van der Waals surface area contributed by atoms with Crippen LogP contribution in [-0.2, 0) is 11.3 Å². The van der Waals surface area contributed by atoms with Crippen LogP contribution in [0.1, 0.15) is 16.1 Å². The zero-order valence-corrected chi connectivity index (χ0v) is 18.1. The number of benzene rings is 1. The van der Waals surface area contributed by atoms with Crippen molar-refractivity contribution in [3.05, 3.63) is 53.1 Å². The van der Waals surface area contributed by atoms with Gasteiger partial charge in [-0.3, -0.25) is 4.79 Å². The molecular formula is C22H19ClN4O5. The molecule has 0 spiro atoms. The molecule has 4 heterocycles. The van der Waals surface area contributed by atoms with Gasteiger partial charge >= 0.3 is 0 Å². The smallest absolute Gasteiger partial charge is 0.260 e. The first-order chi connectivity index (χ1) is 15.5. The molecular weight excluding hydrogens is 436 g/mol. The fraction of sp³-hybridized carbons (Fsp3) is 0.227. The van der Waals surface area contributed by atoms with E-state index in [9.17, 15) is 4.79 Å². The number of carbonyl (C=O) groups is 1. The molecule has 3 aromatic heterocycles. The number of fused-ring (bicyclic) bond motifs is 2. The Morgan fingerprint density at radius 3 is 2.94 bits per heavy atom. The number of nitrogens with one attached hydrogen (secondary N) is 1. The number of anilines is 1. The van der Waals surface area contributed by atoms with Gasteiger partial charge in [-0.25, -0.2) is 9.67 Å². The highest BCUT2D eigenvalue weighted by atomic mass is 35.5. The van der Waals surface area contributed by atoms with Crippen LogP contribution in [0.3, 0.4) is 0 Å². The second-order valence-electron chi connectivity index (χ2n) is 7.20. The number of furan rings is 1. The SMILES string of the molecule is COCCn1nc(NC(=O)c2ccoc2C)c2cc(-c3cc(Cl)c4c(c3)OCO4)cnc21. The van der Waals surface area contributed by atoms with E-state index in [0.29, 0.717) is 57.8 Å². The molecule has 1 amide bonds. The molecule has 0 radical (unpaired) electrons. The topological polar surface area (TPSA) is 101 Å². The van der Waals surface area contributed by atoms with Gasteiger partial charge in [0.15, 0.2) is 23.0 Å². The van der Waals surface area contributed by atoms with E-state index < -0.39 is 0 Å². The first-order valence-electron chi connectivity index (χ1n) is 9.85. The van der Waals surface area contributed by atoms with Gasteiger partial charge in [-0.15, -0.1) is 0 Å². The van der Waals surface area contributed by atoms with Crippen LogP contribution in [0.2, 0.25) is 5.02 Å². The minimum absolute atomic E-state index is 0.131. The lowest BCUT2D eigenvalue weighted by atomic mass is 10.1. The van der Waals surface area contributed by atoms with Gasteiger partial charge in [-0.2, -0.15) is 5.10 Å². The van der Waals surface area contributed by atoms with Crippen molar-refractivity contribution in [2.75, 3.05) is 25.8 Å². The summed E-state index contributed by atoms with van der Waals surface area (Å²) in [5.74, 6) is 1.71. The number of carbonyl (C=O) groups excluding carboxylic acids is 1. The molecule has 0 saturated heterocycles. The second kappa shape index (κ2) is 8.18. The third-order valence-corrected chi connectivity index (χ3v) is 5.47. The van der Waals surface area contributed by atoms with Crippen molar-refractivity contribution in [2.24, 2.45) is 0 Å². The number of rotatable bonds is 6. The van der Waals surface area contributed by atoms with Crippen LogP contribution in [0.5, 0.6) is 11.5 Å². The summed E-state index contributed by atoms with van der Waals surface area (Å²) < 4.78 is 23.0. The molecule has 32 heavy (non-hydrogen) atoms. The van der Waals surface area contributed by atoms with Crippen LogP contribution in [-0.4, -0.2) is 41.2 Å². The zero-order valence-electron chi connectivity index (χ0n) is 17.3. The maximum atomic E-state index is 12.8. The average molecular weight is 455 g/mol. The van der Waals surface area contributed by atoms with E-state index in [1.165, 1.54) is 6.26 Å². The first kappa shape index (κ1) is 20.3. The van der Waals surface area contributed by atoms with Crippen LogP contribution < -0.4 is 14.8 Å². The molecule has 1 aliphatic heterocycles. The largest absolute Gasteiger partial charge is 0.469 e. The van der Waals surface area contributed by atoms with E-state index in [1.807, 2.05) is 12.1 Å². The van der Waals surface area contributed by atoms with Crippen molar-refractivity contribution in [3.63, 3.8) is 0 Å². The fourth-order valence-corrected chi connectivity index (χ4v) is 3.84. The minimum Gasteiger partial charge on any atom is -0.469 e. The number of methoxy groups -OCH3 is 1. The Labute approximate surface area is 187 Å². The van der Waals surface area contributed by atoms with Crippen molar-refractivity contribution in [3.8, 4) is 22.6 Å². The summed E-state index contributed by atoms with van der Waals surface area (Å²) in [5, 5.41) is 8.57. The molecule has 1 N–H and O–H groups in total. The Balaban J connectivity index is 1.57. The number of hydrogen-bond acceptors (Lipinski definition) is 7. The lowest BCUT2D eigenvalue weighted by Gasteiger charge is -2.06. The van der Waals surface area contributed by atoms with E-state index in [-0.39, 0.29) is 12.7 Å². The van der Waals surface area contributed by atoms with Crippen LogP contribution in [0, 0.1) is 6.92 Å². The standard InChI is InChI=1S/C22H19ClN4O5/c1-12-15(3-5-30-12)22(28)25-20-16-7-14(10-24-21(16)27(26-20)4-6-29-2)13-8-17(23)19-18(9-13)31-11-32-19/h3,5,7-10H,4,6,11H2,1-2H3,(H,25,26,28). The van der Waals surface area contributed by atoms with Crippen LogP contribution in [0.25, 0.3) is 22.2 Å². The summed E-state index contributed by atoms with van der Waals surface area (Å²) in [6.07, 6.45) is 3.20. The quantitative estimate of drug-likeness (QED) is 0.464. The number of hydrogen-bond donors (Lipinski definition) is 1. The zero-order chi connectivity index (χ0) is 22.2. The predicted octanol–water partition coefficient (Wildman–Crippen LogP) is 4.28. The van der Waals surface area contributed by atoms with Crippen molar-refractivity contribution in [1.82, 2.24) is 14.8 Å². The number of halogens is 1. The lowest BCUT2D eigenvalue weighted by Crippen LogP contribution is -2.13. The molecule has 0 aliphatic carbocycles. The molecule has 9 nitrogen and oxygen atoms in total. The third-order valence-electron chi connectivity index (χ3n) is 5.19. The highest BCUT2D eigenvalue weighted by Crippen LogP contribution is 2.42. The first-order valence-corrected chi connectivity index (χ1v) is 10.2. The predicted molar refractivity (Wildman–Crippen MR) is 117 cm³/mol. The summed E-state index contributed by atoms with van der Waals surface area (Å²) in [7, 11) is 1.62. The van der Waals surface area contributed by atoms with Crippen molar-refractivity contribution < 1.29 is 23.4 Å². The number of amides is 1. The van der Waals surface area contributed by atoms with Gasteiger partial charge in [-0.05, 0) is 36.8 Å². The fourth-order valence-electron chi connectivity index (χ4n) is 3.57. The summed E-state index contributed by atoms with van der Waals surface area (Å²) in [6.45, 7) is 2.79.